The van der Waals surface area contributed by atoms with Crippen molar-refractivity contribution in [3.63, 3.8) is 0 Å². The molecule has 0 saturated carbocycles. The Kier molecular flexibility index (Phi) is 5.53. The molecule has 0 aromatic heterocycles. The quantitative estimate of drug-likeness (QED) is 0.734. The van der Waals surface area contributed by atoms with Gasteiger partial charge in [-0.15, -0.1) is 13.2 Å². The van der Waals surface area contributed by atoms with E-state index in [0.717, 1.165) is 12.1 Å². The number of hydrogen-bond acceptors (Lipinski definition) is 5. The van der Waals surface area contributed by atoms with Crippen molar-refractivity contribution in [1.29, 1.82) is 0 Å². The highest BCUT2D eigenvalue weighted by Gasteiger charge is 2.39. The molecule has 26 heavy (non-hydrogen) atoms. The lowest BCUT2D eigenvalue weighted by Crippen LogP contribution is -2.68. The zero-order valence-corrected chi connectivity index (χ0v) is 14.0. The Hall–Kier alpha value is -3.04. The molecular weight excluding hydrogens is 353 g/mol. The Morgan fingerprint density at radius 3 is 2.46 bits per heavy atom. The summed E-state index contributed by atoms with van der Waals surface area (Å²) in [5.41, 5.74) is -0.416. The molecule has 1 aliphatic heterocycles. The predicted octanol–water partition coefficient (Wildman–Crippen LogP) is 1.57. The summed E-state index contributed by atoms with van der Waals surface area (Å²) in [5.74, 6) is -1.37. The zero-order chi connectivity index (χ0) is 19.4. The average molecular weight is 370 g/mol. The summed E-state index contributed by atoms with van der Waals surface area (Å²) < 4.78 is 40.2. The molecule has 0 saturated heterocycles. The van der Waals surface area contributed by atoms with E-state index in [1.165, 1.54) is 31.5 Å². The van der Waals surface area contributed by atoms with Crippen molar-refractivity contribution in [2.24, 2.45) is 4.99 Å². The summed E-state index contributed by atoms with van der Waals surface area (Å²) in [7, 11) is 0. The fourth-order valence-corrected chi connectivity index (χ4v) is 2.28. The SMILES string of the molecule is CC(=O)NC1(C(=O)NCc2ccc(OC(F)(F)F)cc2)C=NC=C(C)N1. The standard InChI is InChI=1S/C16H17F3N4O3/c1-10-7-20-9-15(22-10,23-11(2)24)14(25)21-8-12-3-5-13(6-4-12)26-16(17,18)19/h3-7,9,22H,8H2,1-2H3,(H,21,25)(H,23,24). The third-order valence-corrected chi connectivity index (χ3v) is 3.27. The number of benzene rings is 1. The van der Waals surface area contributed by atoms with Crippen molar-refractivity contribution in [1.82, 2.24) is 16.0 Å². The van der Waals surface area contributed by atoms with Crippen molar-refractivity contribution in [3.05, 3.63) is 41.7 Å². The Morgan fingerprint density at radius 1 is 1.27 bits per heavy atom. The highest BCUT2D eigenvalue weighted by Crippen LogP contribution is 2.22. The second-order valence-electron chi connectivity index (χ2n) is 5.58. The third kappa shape index (κ3) is 5.23. The summed E-state index contributed by atoms with van der Waals surface area (Å²) in [4.78, 5) is 27.9. The normalized spacial score (nSPS) is 19.2. The molecule has 7 nitrogen and oxygen atoms in total. The number of hydrogen-bond donors (Lipinski definition) is 3. The number of aliphatic imine (C=N–C) groups is 1. The highest BCUT2D eigenvalue weighted by atomic mass is 19.4. The van der Waals surface area contributed by atoms with E-state index in [1.54, 1.807) is 6.92 Å². The van der Waals surface area contributed by atoms with E-state index in [0.29, 0.717) is 11.3 Å². The van der Waals surface area contributed by atoms with Gasteiger partial charge in [0.1, 0.15) is 5.75 Å². The molecule has 1 atom stereocenters. The first-order valence-electron chi connectivity index (χ1n) is 7.51. The maximum absolute atomic E-state index is 12.5. The van der Waals surface area contributed by atoms with Gasteiger partial charge in [-0.3, -0.25) is 14.6 Å². The summed E-state index contributed by atoms with van der Waals surface area (Å²) in [6.45, 7) is 2.97. The van der Waals surface area contributed by atoms with Gasteiger partial charge >= 0.3 is 6.36 Å². The first kappa shape index (κ1) is 19.3. The van der Waals surface area contributed by atoms with Crippen molar-refractivity contribution < 1.29 is 27.5 Å². The van der Waals surface area contributed by atoms with Gasteiger partial charge < -0.3 is 20.7 Å². The number of rotatable bonds is 5. The number of allylic oxidation sites excluding steroid dienone is 1. The van der Waals surface area contributed by atoms with Crippen LogP contribution in [-0.2, 0) is 16.1 Å². The Morgan fingerprint density at radius 2 is 1.92 bits per heavy atom. The fourth-order valence-electron chi connectivity index (χ4n) is 2.28. The molecule has 0 fully saturated rings. The summed E-state index contributed by atoms with van der Waals surface area (Å²) in [6.07, 6.45) is -2.01. The van der Waals surface area contributed by atoms with Crippen LogP contribution in [-0.4, -0.2) is 30.1 Å². The molecule has 3 N–H and O–H groups in total. The van der Waals surface area contributed by atoms with Gasteiger partial charge in [0.15, 0.2) is 0 Å². The van der Waals surface area contributed by atoms with Crippen molar-refractivity contribution in [2.75, 3.05) is 0 Å². The molecule has 1 aromatic carbocycles. The van der Waals surface area contributed by atoms with Gasteiger partial charge in [-0.1, -0.05) is 12.1 Å². The number of ether oxygens (including phenoxy) is 1. The lowest BCUT2D eigenvalue weighted by atomic mass is 10.1. The summed E-state index contributed by atoms with van der Waals surface area (Å²) >= 11 is 0. The van der Waals surface area contributed by atoms with Crippen LogP contribution in [0.25, 0.3) is 0 Å². The van der Waals surface area contributed by atoms with Gasteiger partial charge in [0, 0.05) is 25.4 Å². The Labute approximate surface area is 147 Å². The average Bonchev–Trinajstić information content (AvgIpc) is 2.51. The molecule has 1 heterocycles. The second-order valence-corrected chi connectivity index (χ2v) is 5.58. The molecule has 0 aliphatic carbocycles. The maximum Gasteiger partial charge on any atom is 0.573 e. The summed E-state index contributed by atoms with van der Waals surface area (Å²) in [6, 6.07) is 5.07. The monoisotopic (exact) mass is 370 g/mol. The van der Waals surface area contributed by atoms with Crippen molar-refractivity contribution in [2.45, 2.75) is 32.4 Å². The van der Waals surface area contributed by atoms with Gasteiger partial charge in [-0.2, -0.15) is 0 Å². The molecule has 1 aliphatic rings. The van der Waals surface area contributed by atoms with Crippen LogP contribution in [0.1, 0.15) is 19.4 Å². The van der Waals surface area contributed by atoms with Gasteiger partial charge in [-0.05, 0) is 24.6 Å². The van der Waals surface area contributed by atoms with E-state index in [2.05, 4.69) is 25.7 Å². The van der Waals surface area contributed by atoms with E-state index in [9.17, 15) is 22.8 Å². The molecule has 2 rings (SSSR count). The van der Waals surface area contributed by atoms with E-state index in [4.69, 9.17) is 0 Å². The minimum atomic E-state index is -4.77. The first-order chi connectivity index (χ1) is 12.1. The minimum Gasteiger partial charge on any atom is -0.406 e. The number of carbonyl (C=O) groups excluding carboxylic acids is 2. The number of alkyl halides is 3. The van der Waals surface area contributed by atoms with Crippen LogP contribution in [0.3, 0.4) is 0 Å². The van der Waals surface area contributed by atoms with Crippen LogP contribution in [0.15, 0.2) is 41.2 Å². The van der Waals surface area contributed by atoms with Crippen LogP contribution in [0.4, 0.5) is 13.2 Å². The molecule has 2 amide bonds. The van der Waals surface area contributed by atoms with Crippen LogP contribution in [0.5, 0.6) is 5.75 Å². The van der Waals surface area contributed by atoms with E-state index in [1.807, 2.05) is 0 Å². The largest absolute Gasteiger partial charge is 0.573 e. The smallest absolute Gasteiger partial charge is 0.406 e. The number of amides is 2. The van der Waals surface area contributed by atoms with Crippen molar-refractivity contribution in [3.8, 4) is 5.75 Å². The lowest BCUT2D eigenvalue weighted by molar-refractivity contribution is -0.274. The predicted molar refractivity (Wildman–Crippen MR) is 86.9 cm³/mol. The number of halogens is 3. The molecular formula is C16H17F3N4O3. The fraction of sp³-hybridized carbons (Fsp3) is 0.312. The molecule has 10 heteroatoms. The maximum atomic E-state index is 12.5. The number of nitrogens with one attached hydrogen (secondary N) is 3. The zero-order valence-electron chi connectivity index (χ0n) is 14.0. The van der Waals surface area contributed by atoms with Crippen LogP contribution >= 0.6 is 0 Å². The van der Waals surface area contributed by atoms with E-state index >= 15 is 0 Å². The van der Waals surface area contributed by atoms with Crippen LogP contribution in [0.2, 0.25) is 0 Å². The van der Waals surface area contributed by atoms with Gasteiger partial charge in [0.05, 0.1) is 6.21 Å². The minimum absolute atomic E-state index is 0.0325. The molecule has 0 bridgehead atoms. The molecule has 140 valence electrons. The second kappa shape index (κ2) is 7.46. The topological polar surface area (TPSA) is 91.8 Å². The third-order valence-electron chi connectivity index (χ3n) is 3.27. The van der Waals surface area contributed by atoms with Crippen LogP contribution < -0.4 is 20.7 Å². The highest BCUT2D eigenvalue weighted by molar-refractivity contribution is 6.06. The van der Waals surface area contributed by atoms with Gasteiger partial charge in [0.2, 0.25) is 11.6 Å². The Balaban J connectivity index is 2.03. The van der Waals surface area contributed by atoms with Gasteiger partial charge in [0.25, 0.3) is 5.91 Å². The lowest BCUT2D eigenvalue weighted by Gasteiger charge is -2.33. The summed E-state index contributed by atoms with van der Waals surface area (Å²) in [5, 5.41) is 7.96. The van der Waals surface area contributed by atoms with Crippen molar-refractivity contribution >= 4 is 18.0 Å². The number of nitrogens with zero attached hydrogens (tertiary/aromatic N) is 1. The Bertz CT molecular complexity index is 740. The van der Waals surface area contributed by atoms with Gasteiger partial charge in [-0.25, -0.2) is 0 Å². The molecule has 0 spiro atoms. The first-order valence-corrected chi connectivity index (χ1v) is 7.51. The van der Waals surface area contributed by atoms with Crippen LogP contribution in [0, 0.1) is 0 Å². The molecule has 1 unspecified atom stereocenters. The van der Waals surface area contributed by atoms with E-state index < -0.39 is 23.8 Å². The molecule has 0 radical (unpaired) electrons. The van der Waals surface area contributed by atoms with E-state index in [-0.39, 0.29) is 12.3 Å². The number of carbonyl (C=O) groups is 2. The molecule has 1 aromatic rings.